The Morgan fingerprint density at radius 2 is 2.21 bits per heavy atom. The molecule has 6 heteroatoms. The van der Waals surface area contributed by atoms with Crippen molar-refractivity contribution in [3.63, 3.8) is 0 Å². The predicted molar refractivity (Wildman–Crippen MR) is 76.1 cm³/mol. The van der Waals surface area contributed by atoms with Gasteiger partial charge in [0.1, 0.15) is 6.26 Å². The molecular formula is C13H21N3O2S. The zero-order valence-electron chi connectivity index (χ0n) is 11.5. The minimum absolute atomic E-state index is 0.0490. The van der Waals surface area contributed by atoms with E-state index in [-0.39, 0.29) is 11.9 Å². The highest BCUT2D eigenvalue weighted by molar-refractivity contribution is 7.99. The first kappa shape index (κ1) is 14.4. The van der Waals surface area contributed by atoms with E-state index in [1.54, 1.807) is 0 Å². The number of thioether (sulfide) groups is 1. The van der Waals surface area contributed by atoms with Crippen LogP contribution in [0.4, 0.5) is 0 Å². The molecule has 2 heterocycles. The lowest BCUT2D eigenvalue weighted by Gasteiger charge is -2.25. The van der Waals surface area contributed by atoms with E-state index >= 15 is 0 Å². The van der Waals surface area contributed by atoms with E-state index in [1.807, 2.05) is 16.7 Å². The molecule has 1 aromatic rings. The Bertz CT molecular complexity index is 427. The molecule has 1 aliphatic rings. The van der Waals surface area contributed by atoms with Crippen molar-refractivity contribution in [2.75, 3.05) is 24.6 Å². The number of hydrogen-bond acceptors (Lipinski definition) is 5. The number of rotatable bonds is 4. The molecule has 5 nitrogen and oxygen atoms in total. The number of hydrogen-bond donors (Lipinski definition) is 1. The molecule has 1 fully saturated rings. The monoisotopic (exact) mass is 283 g/mol. The molecule has 19 heavy (non-hydrogen) atoms. The van der Waals surface area contributed by atoms with Crippen LogP contribution >= 0.6 is 11.8 Å². The van der Waals surface area contributed by atoms with Crippen LogP contribution in [0.2, 0.25) is 0 Å². The molecule has 0 aliphatic carbocycles. The fourth-order valence-electron chi connectivity index (χ4n) is 2.09. The maximum atomic E-state index is 12.2. The van der Waals surface area contributed by atoms with Crippen LogP contribution in [0, 0.1) is 5.92 Å². The Hall–Kier alpha value is -1.01. The molecule has 1 amide bonds. The minimum Gasteiger partial charge on any atom is -0.446 e. The summed E-state index contributed by atoms with van der Waals surface area (Å²) in [4.78, 5) is 18.3. The molecule has 1 saturated heterocycles. The van der Waals surface area contributed by atoms with E-state index in [1.165, 1.54) is 6.26 Å². The summed E-state index contributed by atoms with van der Waals surface area (Å²) in [5.41, 5.74) is 6.38. The molecule has 0 aromatic carbocycles. The Kier molecular flexibility index (Phi) is 4.87. The first-order chi connectivity index (χ1) is 9.08. The molecule has 106 valence electrons. The molecule has 0 bridgehead atoms. The van der Waals surface area contributed by atoms with E-state index in [2.05, 4.69) is 18.8 Å². The number of aromatic nitrogens is 1. The summed E-state index contributed by atoms with van der Waals surface area (Å²) in [5, 5.41) is 0. The quantitative estimate of drug-likeness (QED) is 0.914. The standard InChI is InChI=1S/C13H21N3O2S/c1-9(2)7-10(14)12-15-11(8-18-12)13(17)16-3-5-19-6-4-16/h8-10H,3-7,14H2,1-2H3. The van der Waals surface area contributed by atoms with E-state index in [4.69, 9.17) is 10.2 Å². The van der Waals surface area contributed by atoms with Gasteiger partial charge >= 0.3 is 0 Å². The van der Waals surface area contributed by atoms with Gasteiger partial charge in [-0.25, -0.2) is 4.98 Å². The zero-order chi connectivity index (χ0) is 13.8. The van der Waals surface area contributed by atoms with Gasteiger partial charge in [-0.3, -0.25) is 4.79 Å². The van der Waals surface area contributed by atoms with E-state index in [0.29, 0.717) is 17.5 Å². The maximum Gasteiger partial charge on any atom is 0.275 e. The van der Waals surface area contributed by atoms with Crippen molar-refractivity contribution in [2.45, 2.75) is 26.3 Å². The summed E-state index contributed by atoms with van der Waals surface area (Å²) < 4.78 is 5.35. The van der Waals surface area contributed by atoms with Crippen molar-refractivity contribution in [2.24, 2.45) is 11.7 Å². The molecule has 1 aliphatic heterocycles. The van der Waals surface area contributed by atoms with Crippen LogP contribution in [-0.4, -0.2) is 40.4 Å². The number of nitrogens with zero attached hydrogens (tertiary/aromatic N) is 2. The van der Waals surface area contributed by atoms with Gasteiger partial charge in [0.05, 0.1) is 6.04 Å². The molecule has 0 spiro atoms. The lowest BCUT2D eigenvalue weighted by molar-refractivity contribution is 0.0766. The van der Waals surface area contributed by atoms with Crippen LogP contribution in [0.25, 0.3) is 0 Å². The molecule has 1 atom stereocenters. The minimum atomic E-state index is -0.238. The number of carbonyl (C=O) groups excluding carboxylic acids is 1. The Morgan fingerprint density at radius 1 is 1.53 bits per heavy atom. The second-order valence-electron chi connectivity index (χ2n) is 5.21. The largest absolute Gasteiger partial charge is 0.446 e. The van der Waals surface area contributed by atoms with Crippen molar-refractivity contribution in [1.82, 2.24) is 9.88 Å². The van der Waals surface area contributed by atoms with Gasteiger partial charge in [0, 0.05) is 24.6 Å². The molecular weight excluding hydrogens is 262 g/mol. The molecule has 0 saturated carbocycles. The normalized spacial score (nSPS) is 17.8. The van der Waals surface area contributed by atoms with Crippen LogP contribution in [-0.2, 0) is 0 Å². The summed E-state index contributed by atoms with van der Waals surface area (Å²) in [5.74, 6) is 2.86. The number of nitrogens with two attached hydrogens (primary N) is 1. The summed E-state index contributed by atoms with van der Waals surface area (Å²) in [6, 6.07) is -0.238. The smallest absolute Gasteiger partial charge is 0.275 e. The average molecular weight is 283 g/mol. The van der Waals surface area contributed by atoms with Gasteiger partial charge in [0.15, 0.2) is 5.69 Å². The first-order valence-corrected chi connectivity index (χ1v) is 7.81. The fraction of sp³-hybridized carbons (Fsp3) is 0.692. The van der Waals surface area contributed by atoms with E-state index in [0.717, 1.165) is 31.0 Å². The highest BCUT2D eigenvalue weighted by Crippen LogP contribution is 2.19. The lowest BCUT2D eigenvalue weighted by atomic mass is 10.0. The second-order valence-corrected chi connectivity index (χ2v) is 6.44. The van der Waals surface area contributed by atoms with Gasteiger partial charge in [0.2, 0.25) is 5.89 Å². The topological polar surface area (TPSA) is 72.4 Å². The van der Waals surface area contributed by atoms with Gasteiger partial charge in [-0.2, -0.15) is 11.8 Å². The number of oxazole rings is 1. The van der Waals surface area contributed by atoms with Crippen molar-refractivity contribution >= 4 is 17.7 Å². The number of carbonyl (C=O) groups is 1. The van der Waals surface area contributed by atoms with Crippen LogP contribution < -0.4 is 5.73 Å². The zero-order valence-corrected chi connectivity index (χ0v) is 12.3. The molecule has 1 aromatic heterocycles. The SMILES string of the molecule is CC(C)CC(N)c1nc(C(=O)N2CCSCC2)co1. The summed E-state index contributed by atoms with van der Waals surface area (Å²) >= 11 is 1.87. The van der Waals surface area contributed by atoms with Gasteiger partial charge < -0.3 is 15.1 Å². The molecule has 2 rings (SSSR count). The lowest BCUT2D eigenvalue weighted by Crippen LogP contribution is -2.38. The Labute approximate surface area is 117 Å². The highest BCUT2D eigenvalue weighted by atomic mass is 32.2. The first-order valence-electron chi connectivity index (χ1n) is 6.66. The number of amides is 1. The third kappa shape index (κ3) is 3.73. The summed E-state index contributed by atoms with van der Waals surface area (Å²) in [6.07, 6.45) is 2.23. The summed E-state index contributed by atoms with van der Waals surface area (Å²) in [7, 11) is 0. The Balaban J connectivity index is 2.01. The van der Waals surface area contributed by atoms with Crippen molar-refractivity contribution < 1.29 is 9.21 Å². The van der Waals surface area contributed by atoms with E-state index in [9.17, 15) is 4.79 Å². The van der Waals surface area contributed by atoms with Crippen LogP contribution in [0.1, 0.15) is 42.7 Å². The molecule has 1 unspecified atom stereocenters. The highest BCUT2D eigenvalue weighted by Gasteiger charge is 2.23. The van der Waals surface area contributed by atoms with Crippen LogP contribution in [0.15, 0.2) is 10.7 Å². The average Bonchev–Trinajstić information content (AvgIpc) is 2.88. The van der Waals surface area contributed by atoms with Gasteiger partial charge in [-0.1, -0.05) is 13.8 Å². The van der Waals surface area contributed by atoms with Crippen molar-refractivity contribution in [3.8, 4) is 0 Å². The van der Waals surface area contributed by atoms with Gasteiger partial charge in [0.25, 0.3) is 5.91 Å². The second kappa shape index (κ2) is 6.43. The predicted octanol–water partition coefficient (Wildman–Crippen LogP) is 1.91. The fourth-order valence-corrected chi connectivity index (χ4v) is 3.00. The van der Waals surface area contributed by atoms with Crippen LogP contribution in [0.5, 0.6) is 0 Å². The molecule has 2 N–H and O–H groups in total. The van der Waals surface area contributed by atoms with E-state index < -0.39 is 0 Å². The van der Waals surface area contributed by atoms with Crippen LogP contribution in [0.3, 0.4) is 0 Å². The van der Waals surface area contributed by atoms with Gasteiger partial charge in [-0.15, -0.1) is 0 Å². The Morgan fingerprint density at radius 3 is 2.84 bits per heavy atom. The third-order valence-electron chi connectivity index (χ3n) is 3.08. The third-order valence-corrected chi connectivity index (χ3v) is 4.02. The maximum absolute atomic E-state index is 12.2. The summed E-state index contributed by atoms with van der Waals surface area (Å²) in [6.45, 7) is 5.76. The van der Waals surface area contributed by atoms with Gasteiger partial charge in [-0.05, 0) is 12.3 Å². The van der Waals surface area contributed by atoms with Crippen molar-refractivity contribution in [1.29, 1.82) is 0 Å². The van der Waals surface area contributed by atoms with Crippen molar-refractivity contribution in [3.05, 3.63) is 17.8 Å². The molecule has 0 radical (unpaired) electrons.